The standard InChI is InChI=1S/C7H14N2O.C2HF3O2/c8-7(10)6-9-4-2-1-3-5-9;3-2(4,5)1(6)7/h1-6H2,(H2,8,10);(H,6,7). The Kier molecular flexibility index (Phi) is 6.55. The van der Waals surface area contributed by atoms with Crippen LogP contribution in [0, 0.1) is 0 Å². The van der Waals surface area contributed by atoms with Crippen LogP contribution in [0.25, 0.3) is 0 Å². The van der Waals surface area contributed by atoms with Gasteiger partial charge in [-0.3, -0.25) is 9.69 Å². The molecular weight excluding hydrogens is 241 g/mol. The number of nitrogens with two attached hydrogens (primary N) is 1. The molecular formula is C9H15F3N2O3. The van der Waals surface area contributed by atoms with Gasteiger partial charge in [0.15, 0.2) is 0 Å². The Bertz CT molecular complexity index is 263. The molecule has 3 N–H and O–H groups in total. The third-order valence-corrected chi connectivity index (χ3v) is 2.07. The second-order valence-electron chi connectivity index (χ2n) is 3.61. The predicted octanol–water partition coefficient (Wildman–Crippen LogP) is 0.591. The van der Waals surface area contributed by atoms with E-state index in [-0.39, 0.29) is 5.91 Å². The summed E-state index contributed by atoms with van der Waals surface area (Å²) in [7, 11) is 0. The maximum atomic E-state index is 10.6. The fraction of sp³-hybridized carbons (Fsp3) is 0.778. The van der Waals surface area contributed by atoms with E-state index in [1.807, 2.05) is 0 Å². The van der Waals surface area contributed by atoms with Crippen LogP contribution in [0.15, 0.2) is 0 Å². The molecule has 1 aliphatic rings. The summed E-state index contributed by atoms with van der Waals surface area (Å²) in [6, 6.07) is 0. The molecule has 0 radical (unpaired) electrons. The first kappa shape index (κ1) is 15.7. The van der Waals surface area contributed by atoms with Crippen LogP contribution in [0.4, 0.5) is 13.2 Å². The summed E-state index contributed by atoms with van der Waals surface area (Å²) >= 11 is 0. The zero-order valence-electron chi connectivity index (χ0n) is 9.16. The van der Waals surface area contributed by atoms with E-state index in [1.165, 1.54) is 19.3 Å². The number of hydrogen-bond acceptors (Lipinski definition) is 3. The zero-order valence-corrected chi connectivity index (χ0v) is 9.16. The molecule has 1 aliphatic heterocycles. The Hall–Kier alpha value is -1.31. The quantitative estimate of drug-likeness (QED) is 0.757. The predicted molar refractivity (Wildman–Crippen MR) is 53.2 cm³/mol. The minimum Gasteiger partial charge on any atom is -0.475 e. The molecule has 5 nitrogen and oxygen atoms in total. The molecule has 1 saturated heterocycles. The monoisotopic (exact) mass is 256 g/mol. The molecule has 0 saturated carbocycles. The van der Waals surface area contributed by atoms with Gasteiger partial charge in [0.05, 0.1) is 6.54 Å². The van der Waals surface area contributed by atoms with E-state index in [1.54, 1.807) is 0 Å². The van der Waals surface area contributed by atoms with Crippen LogP contribution in [0.5, 0.6) is 0 Å². The molecule has 1 heterocycles. The van der Waals surface area contributed by atoms with E-state index in [9.17, 15) is 18.0 Å². The number of primary amides is 1. The number of likely N-dealkylation sites (tertiary alicyclic amines) is 1. The molecule has 0 aromatic heterocycles. The number of halogens is 3. The zero-order chi connectivity index (χ0) is 13.5. The van der Waals surface area contributed by atoms with Gasteiger partial charge in [0.2, 0.25) is 5.91 Å². The van der Waals surface area contributed by atoms with E-state index >= 15 is 0 Å². The summed E-state index contributed by atoms with van der Waals surface area (Å²) in [5.74, 6) is -2.96. The highest BCUT2D eigenvalue weighted by Gasteiger charge is 2.38. The normalized spacial score (nSPS) is 16.9. The molecule has 0 aliphatic carbocycles. The number of alkyl halides is 3. The van der Waals surface area contributed by atoms with Crippen molar-refractivity contribution in [2.75, 3.05) is 19.6 Å². The number of carbonyl (C=O) groups excluding carboxylic acids is 1. The van der Waals surface area contributed by atoms with Gasteiger partial charge in [-0.15, -0.1) is 0 Å². The highest BCUT2D eigenvalue weighted by Crippen LogP contribution is 2.13. The van der Waals surface area contributed by atoms with Crippen LogP contribution < -0.4 is 5.73 Å². The molecule has 1 amide bonds. The van der Waals surface area contributed by atoms with Crippen LogP contribution in [0.3, 0.4) is 0 Å². The maximum Gasteiger partial charge on any atom is 0.490 e. The average Bonchev–Trinajstić information content (AvgIpc) is 2.17. The van der Waals surface area contributed by atoms with E-state index in [2.05, 4.69) is 4.90 Å². The number of carbonyl (C=O) groups is 2. The van der Waals surface area contributed by atoms with E-state index in [0.29, 0.717) is 6.54 Å². The fourth-order valence-corrected chi connectivity index (χ4v) is 1.34. The largest absolute Gasteiger partial charge is 0.490 e. The number of carboxylic acids is 1. The van der Waals surface area contributed by atoms with Gasteiger partial charge in [-0.05, 0) is 25.9 Å². The fourth-order valence-electron chi connectivity index (χ4n) is 1.34. The molecule has 0 unspecified atom stereocenters. The highest BCUT2D eigenvalue weighted by molar-refractivity contribution is 5.75. The molecule has 1 rings (SSSR count). The van der Waals surface area contributed by atoms with Crippen molar-refractivity contribution in [2.45, 2.75) is 25.4 Å². The van der Waals surface area contributed by atoms with E-state index < -0.39 is 12.1 Å². The van der Waals surface area contributed by atoms with Crippen LogP contribution in [0.1, 0.15) is 19.3 Å². The topological polar surface area (TPSA) is 83.6 Å². The number of nitrogens with zero attached hydrogens (tertiary/aromatic N) is 1. The van der Waals surface area contributed by atoms with E-state index in [0.717, 1.165) is 13.1 Å². The van der Waals surface area contributed by atoms with Crippen molar-refractivity contribution in [3.05, 3.63) is 0 Å². The lowest BCUT2D eigenvalue weighted by Crippen LogP contribution is -2.37. The van der Waals surface area contributed by atoms with Gasteiger partial charge in [0.1, 0.15) is 0 Å². The van der Waals surface area contributed by atoms with Crippen molar-refractivity contribution in [3.8, 4) is 0 Å². The first-order valence-electron chi connectivity index (χ1n) is 5.04. The molecule has 8 heteroatoms. The summed E-state index contributed by atoms with van der Waals surface area (Å²) in [5, 5.41) is 7.12. The third-order valence-electron chi connectivity index (χ3n) is 2.07. The summed E-state index contributed by atoms with van der Waals surface area (Å²) in [6.07, 6.45) is -1.35. The maximum absolute atomic E-state index is 10.6. The van der Waals surface area contributed by atoms with Crippen molar-refractivity contribution in [1.82, 2.24) is 4.90 Å². The van der Waals surface area contributed by atoms with Gasteiger partial charge in [-0.25, -0.2) is 4.79 Å². The second kappa shape index (κ2) is 7.10. The lowest BCUT2D eigenvalue weighted by molar-refractivity contribution is -0.192. The van der Waals surface area contributed by atoms with Gasteiger partial charge >= 0.3 is 12.1 Å². The van der Waals surface area contributed by atoms with Crippen molar-refractivity contribution in [2.24, 2.45) is 5.73 Å². The third kappa shape index (κ3) is 8.49. The van der Waals surface area contributed by atoms with Crippen LogP contribution >= 0.6 is 0 Å². The molecule has 0 aromatic carbocycles. The van der Waals surface area contributed by atoms with Crippen LogP contribution in [-0.4, -0.2) is 47.7 Å². The molecule has 17 heavy (non-hydrogen) atoms. The summed E-state index contributed by atoms with van der Waals surface area (Å²) in [4.78, 5) is 21.5. The Labute approximate surface area is 96.4 Å². The second-order valence-corrected chi connectivity index (χ2v) is 3.61. The SMILES string of the molecule is NC(=O)CN1CCCCC1.O=C(O)C(F)(F)F. The Balaban J connectivity index is 0.000000325. The number of carboxylic acid groups (broad SMARTS) is 1. The Morgan fingerprint density at radius 1 is 1.18 bits per heavy atom. The van der Waals surface area contributed by atoms with Crippen molar-refractivity contribution >= 4 is 11.9 Å². The smallest absolute Gasteiger partial charge is 0.475 e. The van der Waals surface area contributed by atoms with Crippen molar-refractivity contribution in [3.63, 3.8) is 0 Å². The molecule has 0 spiro atoms. The highest BCUT2D eigenvalue weighted by atomic mass is 19.4. The van der Waals surface area contributed by atoms with Gasteiger partial charge in [-0.1, -0.05) is 6.42 Å². The minimum atomic E-state index is -5.08. The van der Waals surface area contributed by atoms with Gasteiger partial charge in [0.25, 0.3) is 0 Å². The van der Waals surface area contributed by atoms with Gasteiger partial charge in [0, 0.05) is 0 Å². The van der Waals surface area contributed by atoms with Crippen molar-refractivity contribution < 1.29 is 27.9 Å². The molecule has 1 fully saturated rings. The molecule has 0 bridgehead atoms. The Morgan fingerprint density at radius 2 is 1.59 bits per heavy atom. The number of aliphatic carboxylic acids is 1. The number of amides is 1. The van der Waals surface area contributed by atoms with Crippen LogP contribution in [0.2, 0.25) is 0 Å². The summed E-state index contributed by atoms with van der Waals surface area (Å²) in [5.41, 5.74) is 5.04. The Morgan fingerprint density at radius 3 is 1.88 bits per heavy atom. The first-order valence-corrected chi connectivity index (χ1v) is 5.04. The van der Waals surface area contributed by atoms with Crippen LogP contribution in [-0.2, 0) is 9.59 Å². The molecule has 0 atom stereocenters. The first-order chi connectivity index (χ1) is 7.73. The minimum absolute atomic E-state index is 0.207. The summed E-state index contributed by atoms with van der Waals surface area (Å²) < 4.78 is 31.7. The summed E-state index contributed by atoms with van der Waals surface area (Å²) in [6.45, 7) is 2.53. The average molecular weight is 256 g/mol. The van der Waals surface area contributed by atoms with Gasteiger partial charge in [-0.2, -0.15) is 13.2 Å². The number of hydrogen-bond donors (Lipinski definition) is 2. The van der Waals surface area contributed by atoms with Crippen molar-refractivity contribution in [1.29, 1.82) is 0 Å². The lowest BCUT2D eigenvalue weighted by Gasteiger charge is -2.24. The van der Waals surface area contributed by atoms with Gasteiger partial charge < -0.3 is 10.8 Å². The number of rotatable bonds is 2. The lowest BCUT2D eigenvalue weighted by atomic mass is 10.1. The van der Waals surface area contributed by atoms with E-state index in [4.69, 9.17) is 15.6 Å². The molecule has 0 aromatic rings. The number of piperidine rings is 1. The molecule has 100 valence electrons.